The van der Waals surface area contributed by atoms with Crippen LogP contribution in [0.25, 0.3) is 0 Å². The van der Waals surface area contributed by atoms with Crippen molar-refractivity contribution in [1.82, 2.24) is 0 Å². The average molecular weight is 279 g/mol. The number of aromatic nitrogens is 1. The lowest BCUT2D eigenvalue weighted by Crippen LogP contribution is -2.40. The topological polar surface area (TPSA) is 50.0 Å². The monoisotopic (exact) mass is 279 g/mol. The highest BCUT2D eigenvalue weighted by molar-refractivity contribution is 6.08. The van der Waals surface area contributed by atoms with E-state index in [1.54, 1.807) is 6.92 Å². The zero-order valence-electron chi connectivity index (χ0n) is 11.7. The van der Waals surface area contributed by atoms with Gasteiger partial charge < -0.3 is 5.32 Å². The van der Waals surface area contributed by atoms with Crippen LogP contribution in [0, 0.1) is 0 Å². The van der Waals surface area contributed by atoms with Crippen LogP contribution in [0.4, 0.5) is 5.69 Å². The van der Waals surface area contributed by atoms with Crippen molar-refractivity contribution in [2.45, 2.75) is 25.3 Å². The molecule has 104 valence electrons. The largest absolute Gasteiger partial charge is 0.325 e. The second kappa shape index (κ2) is 4.01. The Bertz CT molecular complexity index is 797. The Morgan fingerprint density at radius 1 is 1.24 bits per heavy atom. The van der Waals surface area contributed by atoms with E-state index >= 15 is 0 Å². The van der Waals surface area contributed by atoms with Gasteiger partial charge in [-0.2, -0.15) is 0 Å². The number of nitrogens with one attached hydrogen (secondary N) is 1. The first-order valence-electron chi connectivity index (χ1n) is 7.09. The summed E-state index contributed by atoms with van der Waals surface area (Å²) in [7, 11) is 0. The van der Waals surface area contributed by atoms with Crippen molar-refractivity contribution in [3.8, 4) is 0 Å². The van der Waals surface area contributed by atoms with Gasteiger partial charge >= 0.3 is 0 Å². The van der Waals surface area contributed by atoms with Crippen molar-refractivity contribution in [2.24, 2.45) is 0 Å². The standard InChI is InChI=1S/C17H14N2O2/c1-11(20)12-6-7-15-17(8-9-19(15)10-12)13-4-2-3-5-14(13)18-16(17)21/h2-7,10H,8-9H2,1H3/p+1. The first kappa shape index (κ1) is 12.3. The molecule has 2 aromatic rings. The molecular formula is C17H15N2O2+. The number of rotatable bonds is 1. The number of fused-ring (bicyclic) bond motifs is 4. The maximum atomic E-state index is 12.6. The van der Waals surface area contributed by atoms with Crippen molar-refractivity contribution >= 4 is 17.4 Å². The lowest BCUT2D eigenvalue weighted by atomic mass is 9.77. The third kappa shape index (κ3) is 1.47. The Balaban J connectivity index is 1.94. The van der Waals surface area contributed by atoms with Crippen molar-refractivity contribution in [3.05, 3.63) is 59.4 Å². The molecule has 1 aromatic carbocycles. The zero-order valence-corrected chi connectivity index (χ0v) is 11.7. The summed E-state index contributed by atoms with van der Waals surface area (Å²) in [5.41, 5.74) is 2.98. The second-order valence-corrected chi connectivity index (χ2v) is 5.71. The minimum absolute atomic E-state index is 0.0329. The molecule has 3 heterocycles. The summed E-state index contributed by atoms with van der Waals surface area (Å²) in [6.07, 6.45) is 2.60. The number of para-hydroxylation sites is 1. The molecule has 4 heteroatoms. The van der Waals surface area contributed by atoms with E-state index in [4.69, 9.17) is 0 Å². The molecule has 0 saturated carbocycles. The first-order valence-corrected chi connectivity index (χ1v) is 7.09. The average Bonchev–Trinajstić information content (AvgIpc) is 3.00. The molecule has 0 bridgehead atoms. The Morgan fingerprint density at radius 3 is 2.86 bits per heavy atom. The van der Waals surface area contributed by atoms with Gasteiger partial charge in [-0.1, -0.05) is 18.2 Å². The van der Waals surface area contributed by atoms with E-state index in [2.05, 4.69) is 5.32 Å². The molecule has 0 saturated heterocycles. The fourth-order valence-corrected chi connectivity index (χ4v) is 3.56. The third-order valence-electron chi connectivity index (χ3n) is 4.62. The number of hydrogen-bond donors (Lipinski definition) is 1. The zero-order chi connectivity index (χ0) is 14.6. The van der Waals surface area contributed by atoms with Crippen LogP contribution < -0.4 is 9.88 Å². The summed E-state index contributed by atoms with van der Waals surface area (Å²) in [5, 5.41) is 2.99. The number of carbonyl (C=O) groups excluding carboxylic acids is 2. The van der Waals surface area contributed by atoms with Crippen LogP contribution in [0.3, 0.4) is 0 Å². The molecule has 0 aliphatic carbocycles. The number of benzene rings is 1. The predicted octanol–water partition coefficient (Wildman–Crippen LogP) is 1.82. The van der Waals surface area contributed by atoms with Crippen LogP contribution in [0.2, 0.25) is 0 Å². The number of hydrogen-bond acceptors (Lipinski definition) is 2. The van der Waals surface area contributed by atoms with Gasteiger partial charge in [0.1, 0.15) is 0 Å². The Hall–Kier alpha value is -2.49. The van der Waals surface area contributed by atoms with E-state index in [9.17, 15) is 9.59 Å². The van der Waals surface area contributed by atoms with Crippen molar-refractivity contribution in [2.75, 3.05) is 5.32 Å². The maximum Gasteiger partial charge on any atom is 0.246 e. The quantitative estimate of drug-likeness (QED) is 0.639. The van der Waals surface area contributed by atoms with Crippen molar-refractivity contribution in [3.63, 3.8) is 0 Å². The first-order chi connectivity index (χ1) is 10.1. The van der Waals surface area contributed by atoms with Crippen LogP contribution in [-0.4, -0.2) is 11.7 Å². The molecule has 1 unspecified atom stereocenters. The van der Waals surface area contributed by atoms with E-state index in [1.165, 1.54) is 0 Å². The summed E-state index contributed by atoms with van der Waals surface area (Å²) in [5.74, 6) is 0.0769. The normalized spacial score (nSPS) is 22.0. The van der Waals surface area contributed by atoms with Gasteiger partial charge in [0.15, 0.2) is 23.9 Å². The number of ketones is 1. The molecule has 1 N–H and O–H groups in total. The number of anilines is 1. The Morgan fingerprint density at radius 2 is 2.05 bits per heavy atom. The van der Waals surface area contributed by atoms with Crippen molar-refractivity contribution in [1.29, 1.82) is 0 Å². The number of aryl methyl sites for hydroxylation is 1. The third-order valence-corrected chi connectivity index (χ3v) is 4.62. The molecule has 0 fully saturated rings. The highest BCUT2D eigenvalue weighted by Gasteiger charge is 2.57. The fraction of sp³-hybridized carbons (Fsp3) is 0.235. The number of Topliss-reactive ketones (excluding diaryl/α,β-unsaturated/α-hetero) is 1. The predicted molar refractivity (Wildman–Crippen MR) is 77.1 cm³/mol. The van der Waals surface area contributed by atoms with Crippen LogP contribution >= 0.6 is 0 Å². The summed E-state index contributed by atoms with van der Waals surface area (Å²) < 4.78 is 2.04. The highest BCUT2D eigenvalue weighted by atomic mass is 16.2. The highest BCUT2D eigenvalue weighted by Crippen LogP contribution is 2.46. The van der Waals surface area contributed by atoms with Gasteiger partial charge in [0.2, 0.25) is 11.6 Å². The molecule has 0 radical (unpaired) electrons. The molecule has 2 aliphatic heterocycles. The van der Waals surface area contributed by atoms with E-state index < -0.39 is 5.41 Å². The van der Waals surface area contributed by atoms with E-state index in [-0.39, 0.29) is 11.7 Å². The molecule has 1 spiro atoms. The van der Waals surface area contributed by atoms with Gasteiger partial charge in [0, 0.05) is 23.7 Å². The van der Waals surface area contributed by atoms with Crippen LogP contribution in [0.15, 0.2) is 42.6 Å². The number of carbonyl (C=O) groups is 2. The van der Waals surface area contributed by atoms with Gasteiger partial charge in [0.25, 0.3) is 0 Å². The van der Waals surface area contributed by atoms with Gasteiger partial charge in [-0.3, -0.25) is 9.59 Å². The van der Waals surface area contributed by atoms with Crippen LogP contribution in [-0.2, 0) is 16.8 Å². The molecule has 1 aromatic heterocycles. The summed E-state index contributed by atoms with van der Waals surface area (Å²) in [6, 6.07) is 11.6. The van der Waals surface area contributed by atoms with Gasteiger partial charge in [0.05, 0.1) is 5.56 Å². The molecule has 21 heavy (non-hydrogen) atoms. The summed E-state index contributed by atoms with van der Waals surface area (Å²) in [6.45, 7) is 2.31. The van der Waals surface area contributed by atoms with Gasteiger partial charge in [-0.25, -0.2) is 4.57 Å². The number of pyridine rings is 1. The SMILES string of the molecule is CC(=O)c1ccc2[n+](c1)CCC21C(=O)Nc2ccccc21. The molecule has 4 nitrogen and oxygen atoms in total. The molecule has 4 rings (SSSR count). The van der Waals surface area contributed by atoms with Gasteiger partial charge in [-0.15, -0.1) is 0 Å². The second-order valence-electron chi connectivity index (χ2n) is 5.71. The van der Waals surface area contributed by atoms with Gasteiger partial charge in [-0.05, 0) is 19.1 Å². The minimum atomic E-state index is -0.605. The summed E-state index contributed by atoms with van der Waals surface area (Å²) in [4.78, 5) is 24.2. The lowest BCUT2D eigenvalue weighted by Gasteiger charge is -2.16. The molecule has 1 atom stereocenters. The minimum Gasteiger partial charge on any atom is -0.325 e. The molecule has 2 aliphatic rings. The number of amides is 1. The van der Waals surface area contributed by atoms with E-state index in [0.29, 0.717) is 5.56 Å². The van der Waals surface area contributed by atoms with E-state index in [1.807, 2.05) is 47.2 Å². The summed E-state index contributed by atoms with van der Waals surface area (Å²) >= 11 is 0. The van der Waals surface area contributed by atoms with Crippen LogP contribution in [0.5, 0.6) is 0 Å². The lowest BCUT2D eigenvalue weighted by molar-refractivity contribution is -0.691. The Labute approximate surface area is 122 Å². The molecular weight excluding hydrogens is 264 g/mol. The molecule has 1 amide bonds. The fourth-order valence-electron chi connectivity index (χ4n) is 3.56. The van der Waals surface area contributed by atoms with E-state index in [0.717, 1.165) is 29.9 Å². The maximum absolute atomic E-state index is 12.6. The van der Waals surface area contributed by atoms with Crippen molar-refractivity contribution < 1.29 is 14.2 Å². The Kier molecular flexibility index (Phi) is 2.34. The smallest absolute Gasteiger partial charge is 0.246 e. The number of nitrogens with zero attached hydrogens (tertiary/aromatic N) is 1. The van der Waals surface area contributed by atoms with Crippen LogP contribution in [0.1, 0.15) is 35.0 Å².